The molecule has 1 aliphatic carbocycles. The largest absolute Gasteiger partial charge is 0.383 e. The number of nitro benzene ring substituents is 1. The van der Waals surface area contributed by atoms with Crippen LogP contribution in [0.2, 0.25) is 0 Å². The molecule has 1 fully saturated rings. The van der Waals surface area contributed by atoms with Crippen LogP contribution in [0.1, 0.15) is 18.4 Å². The van der Waals surface area contributed by atoms with Gasteiger partial charge in [-0.05, 0) is 31.7 Å². The number of nitrogens with two attached hydrogens (primary N) is 1. The number of nitrogens with one attached hydrogen (secondary N) is 1. The number of hydrogen-bond donors (Lipinski definition) is 2. The fourth-order valence-electron chi connectivity index (χ4n) is 1.84. The molecule has 0 heterocycles. The number of nitrogens with zero attached hydrogens (tertiary/aromatic N) is 1. The normalized spacial score (nSPS) is 16.6. The number of benzene rings is 1. The Bertz CT molecular complexity index is 430. The summed E-state index contributed by atoms with van der Waals surface area (Å²) in [5, 5.41) is 13.9. The summed E-state index contributed by atoms with van der Waals surface area (Å²) < 4.78 is 0. The SMILES string of the molecule is Cc1ccc(NCC(N)C2CC2)cc1[N+](=O)[O-]. The zero-order valence-electron chi connectivity index (χ0n) is 9.85. The summed E-state index contributed by atoms with van der Waals surface area (Å²) in [6, 6.07) is 5.32. The summed E-state index contributed by atoms with van der Waals surface area (Å²) in [5.74, 6) is 0.628. The Labute approximate surface area is 100 Å². The summed E-state index contributed by atoms with van der Waals surface area (Å²) in [4.78, 5) is 10.4. The molecule has 0 aromatic heterocycles. The van der Waals surface area contributed by atoms with Gasteiger partial charge in [0.1, 0.15) is 0 Å². The minimum absolute atomic E-state index is 0.148. The molecule has 3 N–H and O–H groups in total. The summed E-state index contributed by atoms with van der Waals surface area (Å²) in [7, 11) is 0. The van der Waals surface area contributed by atoms with Crippen molar-refractivity contribution in [3.63, 3.8) is 0 Å². The third kappa shape index (κ3) is 2.94. The Morgan fingerprint density at radius 1 is 1.59 bits per heavy atom. The highest BCUT2D eigenvalue weighted by molar-refractivity contribution is 5.54. The molecule has 5 heteroatoms. The van der Waals surface area contributed by atoms with E-state index in [9.17, 15) is 10.1 Å². The van der Waals surface area contributed by atoms with Crippen LogP contribution in [0.15, 0.2) is 18.2 Å². The van der Waals surface area contributed by atoms with Gasteiger partial charge in [-0.15, -0.1) is 0 Å². The zero-order valence-corrected chi connectivity index (χ0v) is 9.85. The van der Waals surface area contributed by atoms with Crippen molar-refractivity contribution in [2.75, 3.05) is 11.9 Å². The minimum atomic E-state index is -0.360. The van der Waals surface area contributed by atoms with Crippen molar-refractivity contribution in [3.05, 3.63) is 33.9 Å². The van der Waals surface area contributed by atoms with Gasteiger partial charge < -0.3 is 11.1 Å². The van der Waals surface area contributed by atoms with Crippen LogP contribution in [0.4, 0.5) is 11.4 Å². The first-order valence-corrected chi connectivity index (χ1v) is 5.82. The highest BCUT2D eigenvalue weighted by Gasteiger charge is 2.28. The van der Waals surface area contributed by atoms with Crippen LogP contribution in [0.25, 0.3) is 0 Å². The number of anilines is 1. The van der Waals surface area contributed by atoms with Crippen molar-refractivity contribution in [3.8, 4) is 0 Å². The van der Waals surface area contributed by atoms with Crippen molar-refractivity contribution in [2.24, 2.45) is 11.7 Å². The molecule has 2 rings (SSSR count). The Kier molecular flexibility index (Phi) is 3.28. The van der Waals surface area contributed by atoms with Gasteiger partial charge in [0, 0.05) is 29.9 Å². The zero-order chi connectivity index (χ0) is 12.4. The van der Waals surface area contributed by atoms with Gasteiger partial charge in [0.25, 0.3) is 5.69 Å². The molecule has 1 unspecified atom stereocenters. The predicted octanol–water partition coefficient (Wildman–Crippen LogP) is 2.05. The highest BCUT2D eigenvalue weighted by Crippen LogP contribution is 2.31. The van der Waals surface area contributed by atoms with Crippen LogP contribution >= 0.6 is 0 Å². The molecule has 5 nitrogen and oxygen atoms in total. The first-order valence-electron chi connectivity index (χ1n) is 5.82. The lowest BCUT2D eigenvalue weighted by atomic mass is 10.1. The predicted molar refractivity (Wildman–Crippen MR) is 67.0 cm³/mol. The molecule has 1 aromatic rings. The third-order valence-electron chi connectivity index (χ3n) is 3.18. The molecule has 92 valence electrons. The fourth-order valence-corrected chi connectivity index (χ4v) is 1.84. The quantitative estimate of drug-likeness (QED) is 0.604. The molecular weight excluding hydrogens is 218 g/mol. The first kappa shape index (κ1) is 11.9. The summed E-state index contributed by atoms with van der Waals surface area (Å²) in [6.07, 6.45) is 2.41. The molecule has 1 aliphatic rings. The van der Waals surface area contributed by atoms with Gasteiger partial charge in [-0.3, -0.25) is 10.1 Å². The summed E-state index contributed by atoms with van der Waals surface area (Å²) in [6.45, 7) is 2.41. The first-order chi connectivity index (χ1) is 8.08. The van der Waals surface area contributed by atoms with Crippen LogP contribution in [-0.2, 0) is 0 Å². The van der Waals surface area contributed by atoms with Gasteiger partial charge in [-0.25, -0.2) is 0 Å². The number of aryl methyl sites for hydroxylation is 1. The molecule has 1 aromatic carbocycles. The Balaban J connectivity index is 2.00. The van der Waals surface area contributed by atoms with Crippen molar-refractivity contribution in [2.45, 2.75) is 25.8 Å². The molecule has 0 spiro atoms. The second kappa shape index (κ2) is 4.71. The topological polar surface area (TPSA) is 81.2 Å². The van der Waals surface area contributed by atoms with Gasteiger partial charge in [0.15, 0.2) is 0 Å². The molecule has 0 saturated heterocycles. The van der Waals surface area contributed by atoms with Crippen LogP contribution in [0.3, 0.4) is 0 Å². The van der Waals surface area contributed by atoms with E-state index in [2.05, 4.69) is 5.32 Å². The van der Waals surface area contributed by atoms with E-state index in [-0.39, 0.29) is 16.7 Å². The monoisotopic (exact) mass is 235 g/mol. The summed E-state index contributed by atoms with van der Waals surface area (Å²) in [5.41, 5.74) is 7.54. The molecular formula is C12H17N3O2. The van der Waals surface area contributed by atoms with Gasteiger partial charge in [0.05, 0.1) is 4.92 Å². The maximum atomic E-state index is 10.8. The average Bonchev–Trinajstić information content (AvgIpc) is 3.11. The number of rotatable bonds is 5. The molecule has 0 bridgehead atoms. The fraction of sp³-hybridized carbons (Fsp3) is 0.500. The van der Waals surface area contributed by atoms with Gasteiger partial charge in [-0.2, -0.15) is 0 Å². The van der Waals surface area contributed by atoms with E-state index >= 15 is 0 Å². The number of hydrogen-bond acceptors (Lipinski definition) is 4. The smallest absolute Gasteiger partial charge is 0.274 e. The molecule has 1 saturated carbocycles. The lowest BCUT2D eigenvalue weighted by molar-refractivity contribution is -0.385. The van der Waals surface area contributed by atoms with Crippen molar-refractivity contribution < 1.29 is 4.92 Å². The molecule has 0 aliphatic heterocycles. The van der Waals surface area contributed by atoms with E-state index in [1.807, 2.05) is 6.07 Å². The number of nitro groups is 1. The summed E-state index contributed by atoms with van der Waals surface area (Å²) >= 11 is 0. The minimum Gasteiger partial charge on any atom is -0.383 e. The Hall–Kier alpha value is -1.62. The highest BCUT2D eigenvalue weighted by atomic mass is 16.6. The third-order valence-corrected chi connectivity index (χ3v) is 3.18. The van der Waals surface area contributed by atoms with E-state index < -0.39 is 0 Å². The Morgan fingerprint density at radius 3 is 2.88 bits per heavy atom. The van der Waals surface area contributed by atoms with Gasteiger partial charge in [0.2, 0.25) is 0 Å². The van der Waals surface area contributed by atoms with Crippen molar-refractivity contribution in [1.82, 2.24) is 0 Å². The van der Waals surface area contributed by atoms with Crippen LogP contribution in [0.5, 0.6) is 0 Å². The molecule has 0 radical (unpaired) electrons. The second-order valence-electron chi connectivity index (χ2n) is 4.64. The van der Waals surface area contributed by atoms with E-state index in [0.717, 1.165) is 5.69 Å². The maximum Gasteiger partial charge on any atom is 0.274 e. The van der Waals surface area contributed by atoms with Crippen LogP contribution in [0, 0.1) is 23.0 Å². The van der Waals surface area contributed by atoms with E-state index in [1.165, 1.54) is 12.8 Å². The lowest BCUT2D eigenvalue weighted by Gasteiger charge is -2.12. The average molecular weight is 235 g/mol. The molecule has 0 amide bonds. The van der Waals surface area contributed by atoms with Crippen LogP contribution in [-0.4, -0.2) is 17.5 Å². The van der Waals surface area contributed by atoms with Crippen LogP contribution < -0.4 is 11.1 Å². The van der Waals surface area contributed by atoms with Gasteiger partial charge >= 0.3 is 0 Å². The van der Waals surface area contributed by atoms with Gasteiger partial charge in [-0.1, -0.05) is 6.07 Å². The Morgan fingerprint density at radius 2 is 2.29 bits per heavy atom. The maximum absolute atomic E-state index is 10.8. The van der Waals surface area contributed by atoms with Crippen molar-refractivity contribution >= 4 is 11.4 Å². The van der Waals surface area contributed by atoms with E-state index in [0.29, 0.717) is 18.0 Å². The lowest BCUT2D eigenvalue weighted by Crippen LogP contribution is -2.31. The molecule has 17 heavy (non-hydrogen) atoms. The second-order valence-corrected chi connectivity index (χ2v) is 4.64. The van der Waals surface area contributed by atoms with E-state index in [1.54, 1.807) is 19.1 Å². The van der Waals surface area contributed by atoms with Crippen molar-refractivity contribution in [1.29, 1.82) is 0 Å². The molecule has 1 atom stereocenters. The van der Waals surface area contributed by atoms with E-state index in [4.69, 9.17) is 5.73 Å². The standard InChI is InChI=1S/C12H17N3O2/c1-8-2-5-10(6-12(8)15(16)17)14-7-11(13)9-3-4-9/h2,5-6,9,11,14H,3-4,7,13H2,1H3.